The molecular formula is C12H15NO2. The van der Waals surface area contributed by atoms with Crippen molar-refractivity contribution in [1.82, 2.24) is 0 Å². The highest BCUT2D eigenvalue weighted by Crippen LogP contribution is 2.28. The summed E-state index contributed by atoms with van der Waals surface area (Å²) < 4.78 is 0. The lowest BCUT2D eigenvalue weighted by Crippen LogP contribution is -1.98. The van der Waals surface area contributed by atoms with Gasteiger partial charge in [-0.15, -0.1) is 0 Å². The lowest BCUT2D eigenvalue weighted by atomic mass is 9.98. The summed E-state index contributed by atoms with van der Waals surface area (Å²) in [5, 5.41) is 10.5. The maximum absolute atomic E-state index is 10.5. The van der Waals surface area contributed by atoms with Crippen LogP contribution in [0.5, 0.6) is 0 Å². The Balaban J connectivity index is 2.00. The predicted molar refractivity (Wildman–Crippen MR) is 58.8 cm³/mol. The minimum absolute atomic E-state index is 0.185. The molecule has 1 aliphatic carbocycles. The van der Waals surface area contributed by atoms with Gasteiger partial charge in [0.2, 0.25) is 0 Å². The molecule has 0 heterocycles. The van der Waals surface area contributed by atoms with Gasteiger partial charge in [-0.05, 0) is 17.9 Å². The van der Waals surface area contributed by atoms with Gasteiger partial charge in [-0.2, -0.15) is 0 Å². The Morgan fingerprint density at radius 2 is 1.80 bits per heavy atom. The van der Waals surface area contributed by atoms with E-state index in [-0.39, 0.29) is 10.6 Å². The summed E-state index contributed by atoms with van der Waals surface area (Å²) in [7, 11) is 0. The van der Waals surface area contributed by atoms with Crippen LogP contribution in [0.2, 0.25) is 0 Å². The van der Waals surface area contributed by atoms with Crippen molar-refractivity contribution in [2.75, 3.05) is 0 Å². The lowest BCUT2D eigenvalue weighted by molar-refractivity contribution is -0.384. The summed E-state index contributed by atoms with van der Waals surface area (Å²) in [6.07, 6.45) is 6.40. The molecule has 0 saturated heterocycles. The number of hydrogen-bond acceptors (Lipinski definition) is 2. The number of hydrogen-bond donors (Lipinski definition) is 0. The fourth-order valence-corrected chi connectivity index (χ4v) is 2.30. The van der Waals surface area contributed by atoms with Gasteiger partial charge in [0.25, 0.3) is 5.69 Å². The van der Waals surface area contributed by atoms with Crippen molar-refractivity contribution < 1.29 is 4.92 Å². The monoisotopic (exact) mass is 205 g/mol. The number of non-ortho nitro benzene ring substituents is 1. The van der Waals surface area contributed by atoms with Crippen LogP contribution < -0.4 is 0 Å². The molecule has 0 aromatic heterocycles. The third kappa shape index (κ3) is 2.55. The van der Waals surface area contributed by atoms with Crippen LogP contribution in [0.3, 0.4) is 0 Å². The molecule has 3 heteroatoms. The first-order valence-electron chi connectivity index (χ1n) is 5.49. The molecule has 2 rings (SSSR count). The molecule has 80 valence electrons. The normalized spacial score (nSPS) is 16.8. The zero-order valence-corrected chi connectivity index (χ0v) is 8.69. The van der Waals surface area contributed by atoms with Crippen LogP contribution in [-0.4, -0.2) is 4.92 Å². The molecule has 0 radical (unpaired) electrons. The largest absolute Gasteiger partial charge is 0.269 e. The van der Waals surface area contributed by atoms with E-state index in [1.54, 1.807) is 12.1 Å². The van der Waals surface area contributed by atoms with E-state index in [0.717, 1.165) is 12.3 Å². The molecule has 0 unspecified atom stereocenters. The lowest BCUT2D eigenvalue weighted by Gasteiger charge is -2.07. The van der Waals surface area contributed by atoms with Crippen molar-refractivity contribution in [1.29, 1.82) is 0 Å². The number of rotatable bonds is 3. The quantitative estimate of drug-likeness (QED) is 0.561. The van der Waals surface area contributed by atoms with E-state index in [2.05, 4.69) is 0 Å². The number of nitro benzene ring substituents is 1. The topological polar surface area (TPSA) is 43.1 Å². The van der Waals surface area contributed by atoms with Crippen molar-refractivity contribution in [3.8, 4) is 0 Å². The third-order valence-electron chi connectivity index (χ3n) is 3.15. The molecular weight excluding hydrogens is 190 g/mol. The van der Waals surface area contributed by atoms with Gasteiger partial charge in [0, 0.05) is 12.1 Å². The minimum atomic E-state index is -0.348. The van der Waals surface area contributed by atoms with Gasteiger partial charge in [-0.25, -0.2) is 0 Å². The van der Waals surface area contributed by atoms with E-state index in [1.807, 2.05) is 12.1 Å². The Morgan fingerprint density at radius 3 is 2.33 bits per heavy atom. The average molecular weight is 205 g/mol. The molecule has 3 nitrogen and oxygen atoms in total. The smallest absolute Gasteiger partial charge is 0.258 e. The second-order valence-electron chi connectivity index (χ2n) is 4.28. The highest BCUT2D eigenvalue weighted by Gasteiger charge is 2.15. The molecule has 1 aromatic carbocycles. The first-order valence-corrected chi connectivity index (χ1v) is 5.49. The van der Waals surface area contributed by atoms with Gasteiger partial charge in [-0.1, -0.05) is 37.8 Å². The minimum Gasteiger partial charge on any atom is -0.258 e. The first kappa shape index (κ1) is 10.1. The Hall–Kier alpha value is -1.38. The van der Waals surface area contributed by atoms with Crippen LogP contribution in [0, 0.1) is 16.0 Å². The second kappa shape index (κ2) is 4.43. The van der Waals surface area contributed by atoms with Gasteiger partial charge >= 0.3 is 0 Å². The SMILES string of the molecule is O=[N+]([O-])c1ccc(CC2CCCC2)cc1. The summed E-state index contributed by atoms with van der Waals surface area (Å²) in [5.41, 5.74) is 1.41. The molecule has 0 bridgehead atoms. The molecule has 1 aliphatic rings. The van der Waals surface area contributed by atoms with Crippen molar-refractivity contribution in [2.45, 2.75) is 32.1 Å². The molecule has 0 amide bonds. The van der Waals surface area contributed by atoms with E-state index in [0.29, 0.717) is 0 Å². The zero-order chi connectivity index (χ0) is 10.7. The van der Waals surface area contributed by atoms with Crippen LogP contribution >= 0.6 is 0 Å². The summed E-state index contributed by atoms with van der Waals surface area (Å²) in [6, 6.07) is 6.97. The zero-order valence-electron chi connectivity index (χ0n) is 8.69. The van der Waals surface area contributed by atoms with Gasteiger partial charge in [0.1, 0.15) is 0 Å². The number of benzene rings is 1. The molecule has 1 saturated carbocycles. The summed E-state index contributed by atoms with van der Waals surface area (Å²) in [6.45, 7) is 0. The van der Waals surface area contributed by atoms with Crippen molar-refractivity contribution in [3.63, 3.8) is 0 Å². The van der Waals surface area contributed by atoms with Gasteiger partial charge in [-0.3, -0.25) is 10.1 Å². The fourth-order valence-electron chi connectivity index (χ4n) is 2.30. The molecule has 1 fully saturated rings. The summed E-state index contributed by atoms with van der Waals surface area (Å²) in [5.74, 6) is 0.798. The van der Waals surface area contributed by atoms with Crippen LogP contribution in [-0.2, 0) is 6.42 Å². The van der Waals surface area contributed by atoms with Gasteiger partial charge in [0.15, 0.2) is 0 Å². The predicted octanol–water partition coefficient (Wildman–Crippen LogP) is 3.33. The van der Waals surface area contributed by atoms with Crippen molar-refractivity contribution >= 4 is 5.69 Å². The highest BCUT2D eigenvalue weighted by molar-refractivity contribution is 5.33. The molecule has 1 aromatic rings. The van der Waals surface area contributed by atoms with Gasteiger partial charge in [0.05, 0.1) is 4.92 Å². The highest BCUT2D eigenvalue weighted by atomic mass is 16.6. The first-order chi connectivity index (χ1) is 7.25. The molecule has 0 atom stereocenters. The Labute approximate surface area is 89.3 Å². The molecule has 0 spiro atoms. The van der Waals surface area contributed by atoms with Crippen molar-refractivity contribution in [2.24, 2.45) is 5.92 Å². The molecule has 0 N–H and O–H groups in total. The van der Waals surface area contributed by atoms with Crippen LogP contribution in [0.4, 0.5) is 5.69 Å². The van der Waals surface area contributed by atoms with E-state index in [1.165, 1.54) is 31.2 Å². The second-order valence-corrected chi connectivity index (χ2v) is 4.28. The summed E-state index contributed by atoms with van der Waals surface area (Å²) in [4.78, 5) is 10.1. The van der Waals surface area contributed by atoms with Crippen LogP contribution in [0.15, 0.2) is 24.3 Å². The molecule has 0 aliphatic heterocycles. The third-order valence-corrected chi connectivity index (χ3v) is 3.15. The molecule has 15 heavy (non-hydrogen) atoms. The Kier molecular flexibility index (Phi) is 2.99. The number of nitro groups is 1. The van der Waals surface area contributed by atoms with E-state index < -0.39 is 0 Å². The van der Waals surface area contributed by atoms with E-state index in [9.17, 15) is 10.1 Å². The average Bonchev–Trinajstić information content (AvgIpc) is 2.71. The van der Waals surface area contributed by atoms with E-state index >= 15 is 0 Å². The maximum atomic E-state index is 10.5. The Morgan fingerprint density at radius 1 is 1.20 bits per heavy atom. The van der Waals surface area contributed by atoms with Crippen LogP contribution in [0.1, 0.15) is 31.2 Å². The fraction of sp³-hybridized carbons (Fsp3) is 0.500. The van der Waals surface area contributed by atoms with Gasteiger partial charge < -0.3 is 0 Å². The summed E-state index contributed by atoms with van der Waals surface area (Å²) >= 11 is 0. The standard InChI is InChI=1S/C12H15NO2/c14-13(15)12-7-5-11(6-8-12)9-10-3-1-2-4-10/h5-8,10H,1-4,9H2. The van der Waals surface area contributed by atoms with Crippen molar-refractivity contribution in [3.05, 3.63) is 39.9 Å². The number of nitrogens with zero attached hydrogens (tertiary/aromatic N) is 1. The van der Waals surface area contributed by atoms with E-state index in [4.69, 9.17) is 0 Å². The Bertz CT molecular complexity index is 339. The van der Waals surface area contributed by atoms with Crippen LogP contribution in [0.25, 0.3) is 0 Å². The maximum Gasteiger partial charge on any atom is 0.269 e.